The van der Waals surface area contributed by atoms with E-state index in [0.717, 1.165) is 17.8 Å². The molecule has 1 N–H and O–H groups in total. The molecule has 154 valence electrons. The van der Waals surface area contributed by atoms with E-state index in [2.05, 4.69) is 17.2 Å². The van der Waals surface area contributed by atoms with E-state index in [1.165, 1.54) is 69.1 Å². The summed E-state index contributed by atoms with van der Waals surface area (Å²) < 4.78 is 0. The first-order valence-electron chi connectivity index (χ1n) is 10.5. The predicted molar refractivity (Wildman–Crippen MR) is 113 cm³/mol. The van der Waals surface area contributed by atoms with Crippen LogP contribution in [0, 0.1) is 0 Å². The molecule has 0 radical (unpaired) electrons. The molecule has 0 unspecified atom stereocenters. The maximum atomic E-state index is 12.2. The Labute approximate surface area is 168 Å². The first-order valence-corrected chi connectivity index (χ1v) is 11.4. The van der Waals surface area contributed by atoms with Crippen molar-refractivity contribution in [2.24, 2.45) is 0 Å². The second-order valence-corrected chi connectivity index (χ2v) is 8.18. The lowest BCUT2D eigenvalue weighted by Crippen LogP contribution is -2.26. The van der Waals surface area contributed by atoms with Gasteiger partial charge in [-0.3, -0.25) is 9.59 Å². The van der Waals surface area contributed by atoms with Gasteiger partial charge in [0.2, 0.25) is 5.91 Å². The minimum Gasteiger partial charge on any atom is -0.354 e. The van der Waals surface area contributed by atoms with Gasteiger partial charge in [0.15, 0.2) is 0 Å². The highest BCUT2D eigenvalue weighted by Gasteiger charge is 2.13. The SMILES string of the molecule is CCCCCCCCCCCCCC(=O)N(C)Cc1nc(C(=O)NC)cs1. The van der Waals surface area contributed by atoms with Crippen LogP contribution in [0.15, 0.2) is 5.38 Å². The number of aromatic nitrogens is 1. The van der Waals surface area contributed by atoms with Gasteiger partial charge in [-0.15, -0.1) is 11.3 Å². The molecule has 1 aromatic rings. The molecule has 0 aliphatic heterocycles. The molecule has 6 heteroatoms. The second-order valence-electron chi connectivity index (χ2n) is 7.24. The smallest absolute Gasteiger partial charge is 0.270 e. The largest absolute Gasteiger partial charge is 0.354 e. The number of rotatable bonds is 15. The molecule has 0 aromatic carbocycles. The summed E-state index contributed by atoms with van der Waals surface area (Å²) in [4.78, 5) is 29.7. The van der Waals surface area contributed by atoms with E-state index >= 15 is 0 Å². The van der Waals surface area contributed by atoms with Gasteiger partial charge in [0.25, 0.3) is 5.91 Å². The summed E-state index contributed by atoms with van der Waals surface area (Å²) >= 11 is 1.42. The van der Waals surface area contributed by atoms with E-state index in [4.69, 9.17) is 0 Å². The Morgan fingerprint density at radius 2 is 1.56 bits per heavy atom. The lowest BCUT2D eigenvalue weighted by Gasteiger charge is -2.15. The van der Waals surface area contributed by atoms with Gasteiger partial charge < -0.3 is 10.2 Å². The fourth-order valence-corrected chi connectivity index (χ4v) is 3.86. The summed E-state index contributed by atoms with van der Waals surface area (Å²) in [7, 11) is 3.40. The molecule has 5 nitrogen and oxygen atoms in total. The van der Waals surface area contributed by atoms with Crippen molar-refractivity contribution >= 4 is 23.2 Å². The van der Waals surface area contributed by atoms with Gasteiger partial charge in [-0.05, 0) is 6.42 Å². The zero-order chi connectivity index (χ0) is 19.9. The quantitative estimate of drug-likeness (QED) is 0.417. The van der Waals surface area contributed by atoms with Crippen LogP contribution in [0.3, 0.4) is 0 Å². The van der Waals surface area contributed by atoms with Crippen LogP contribution in [0.4, 0.5) is 0 Å². The minimum absolute atomic E-state index is 0.155. The van der Waals surface area contributed by atoms with Gasteiger partial charge in [0.1, 0.15) is 10.7 Å². The van der Waals surface area contributed by atoms with Gasteiger partial charge in [-0.2, -0.15) is 0 Å². The van der Waals surface area contributed by atoms with E-state index in [9.17, 15) is 9.59 Å². The molecule has 2 amide bonds. The van der Waals surface area contributed by atoms with Crippen LogP contribution in [0.25, 0.3) is 0 Å². The van der Waals surface area contributed by atoms with E-state index in [0.29, 0.717) is 18.7 Å². The number of hydrogen-bond acceptors (Lipinski definition) is 4. The molecule has 1 rings (SSSR count). The van der Waals surface area contributed by atoms with Gasteiger partial charge >= 0.3 is 0 Å². The molecule has 0 spiro atoms. The van der Waals surface area contributed by atoms with Crippen molar-refractivity contribution in [1.29, 1.82) is 0 Å². The molecule has 0 atom stereocenters. The number of thiazole rings is 1. The number of amides is 2. The van der Waals surface area contributed by atoms with Crippen LogP contribution >= 0.6 is 11.3 Å². The normalized spacial score (nSPS) is 10.8. The molecule has 27 heavy (non-hydrogen) atoms. The maximum Gasteiger partial charge on any atom is 0.270 e. The predicted octanol–water partition coefficient (Wildman–Crippen LogP) is 5.16. The first kappa shape index (κ1) is 23.6. The van der Waals surface area contributed by atoms with Crippen LogP contribution in [0.5, 0.6) is 0 Å². The van der Waals surface area contributed by atoms with Crippen molar-refractivity contribution in [3.63, 3.8) is 0 Å². The van der Waals surface area contributed by atoms with Gasteiger partial charge in [-0.1, -0.05) is 71.1 Å². The lowest BCUT2D eigenvalue weighted by atomic mass is 10.1. The van der Waals surface area contributed by atoms with Crippen molar-refractivity contribution in [1.82, 2.24) is 15.2 Å². The number of nitrogens with one attached hydrogen (secondary N) is 1. The lowest BCUT2D eigenvalue weighted by molar-refractivity contribution is -0.130. The van der Waals surface area contributed by atoms with Crippen molar-refractivity contribution in [3.8, 4) is 0 Å². The molecule has 0 saturated heterocycles. The summed E-state index contributed by atoms with van der Waals surface area (Å²) in [5.41, 5.74) is 0.420. The van der Waals surface area contributed by atoms with Gasteiger partial charge in [0, 0.05) is 25.9 Å². The molecule has 1 aromatic heterocycles. The standard InChI is InChI=1S/C21H37N3O2S/c1-4-5-6-7-8-9-10-11-12-13-14-15-20(25)24(3)16-19-23-18(17-27-19)21(26)22-2/h17H,4-16H2,1-3H3,(H,22,26). The summed E-state index contributed by atoms with van der Waals surface area (Å²) in [6.45, 7) is 2.73. The molecule has 1 heterocycles. The van der Waals surface area contributed by atoms with Crippen molar-refractivity contribution < 1.29 is 9.59 Å². The number of nitrogens with zero attached hydrogens (tertiary/aromatic N) is 2. The summed E-state index contributed by atoms with van der Waals surface area (Å²) in [6.07, 6.45) is 14.7. The average molecular weight is 396 g/mol. The van der Waals surface area contributed by atoms with Crippen molar-refractivity contribution in [2.45, 2.75) is 90.5 Å². The molecule has 0 aliphatic rings. The highest BCUT2D eigenvalue weighted by atomic mass is 32.1. The molecule has 0 bridgehead atoms. The van der Waals surface area contributed by atoms with Crippen molar-refractivity contribution in [3.05, 3.63) is 16.1 Å². The Morgan fingerprint density at radius 1 is 1.00 bits per heavy atom. The topological polar surface area (TPSA) is 62.3 Å². The van der Waals surface area contributed by atoms with Crippen LogP contribution in [-0.4, -0.2) is 35.8 Å². The summed E-state index contributed by atoms with van der Waals surface area (Å²) in [5, 5.41) is 5.09. The van der Waals surface area contributed by atoms with Crippen molar-refractivity contribution in [2.75, 3.05) is 14.1 Å². The van der Waals surface area contributed by atoms with Gasteiger partial charge in [0.05, 0.1) is 6.54 Å². The fraction of sp³-hybridized carbons (Fsp3) is 0.762. The number of hydrogen-bond donors (Lipinski definition) is 1. The van der Waals surface area contributed by atoms with Gasteiger partial charge in [-0.25, -0.2) is 4.98 Å². The van der Waals surface area contributed by atoms with Crippen LogP contribution in [0.2, 0.25) is 0 Å². The maximum absolute atomic E-state index is 12.2. The van der Waals surface area contributed by atoms with Crippen LogP contribution in [-0.2, 0) is 11.3 Å². The Kier molecular flexibility index (Phi) is 12.8. The van der Waals surface area contributed by atoms with E-state index in [1.54, 1.807) is 17.3 Å². The van der Waals surface area contributed by atoms with E-state index in [1.807, 2.05) is 7.05 Å². The average Bonchev–Trinajstić information content (AvgIpc) is 3.13. The van der Waals surface area contributed by atoms with Crippen LogP contribution < -0.4 is 5.32 Å². The Balaban J connectivity index is 2.06. The number of unbranched alkanes of at least 4 members (excludes halogenated alkanes) is 10. The summed E-state index contributed by atoms with van der Waals surface area (Å²) in [5.74, 6) is -0.0324. The number of carbonyl (C=O) groups is 2. The molecular weight excluding hydrogens is 358 g/mol. The molecular formula is C21H37N3O2S. The Bertz CT molecular complexity index is 545. The third-order valence-corrected chi connectivity index (χ3v) is 5.64. The monoisotopic (exact) mass is 395 g/mol. The zero-order valence-electron chi connectivity index (χ0n) is 17.4. The Hall–Kier alpha value is -1.43. The molecule has 0 aliphatic carbocycles. The second kappa shape index (κ2) is 14.6. The van der Waals surface area contributed by atoms with Crippen LogP contribution in [0.1, 0.15) is 99.5 Å². The highest BCUT2D eigenvalue weighted by Crippen LogP contribution is 2.14. The van der Waals surface area contributed by atoms with E-state index < -0.39 is 0 Å². The third kappa shape index (κ3) is 10.5. The first-order chi connectivity index (χ1) is 13.1. The Morgan fingerprint density at radius 3 is 2.11 bits per heavy atom. The minimum atomic E-state index is -0.188. The number of carbonyl (C=O) groups excluding carboxylic acids is 2. The summed E-state index contributed by atoms with van der Waals surface area (Å²) in [6, 6.07) is 0. The molecule has 0 saturated carbocycles. The third-order valence-electron chi connectivity index (χ3n) is 4.80. The fourth-order valence-electron chi connectivity index (χ4n) is 3.04. The zero-order valence-corrected chi connectivity index (χ0v) is 18.2. The molecule has 0 fully saturated rings. The highest BCUT2D eigenvalue weighted by molar-refractivity contribution is 7.09. The van der Waals surface area contributed by atoms with E-state index in [-0.39, 0.29) is 11.8 Å².